The fourth-order valence-electron chi connectivity index (χ4n) is 2.64. The van der Waals surface area contributed by atoms with Crippen LogP contribution >= 0.6 is 69.6 Å². The van der Waals surface area contributed by atoms with Crippen LogP contribution < -0.4 is 0 Å². The van der Waals surface area contributed by atoms with Gasteiger partial charge in [0.25, 0.3) is 0 Å². The summed E-state index contributed by atoms with van der Waals surface area (Å²) in [5.41, 5.74) is 2.49. The molecule has 2 aromatic carbocycles. The molecule has 0 aliphatic carbocycles. The molecule has 0 fully saturated rings. The minimum atomic E-state index is -1.04. The SMILES string of the molecule is O=C(O)Cc1ncc(-c2ccc(Cl)c(Cl)c2Cl)cc1-c1ccc(Cl)c(Cl)c1Cl. The van der Waals surface area contributed by atoms with Crippen LogP contribution in [0.1, 0.15) is 5.69 Å². The highest BCUT2D eigenvalue weighted by Crippen LogP contribution is 2.42. The molecule has 144 valence electrons. The smallest absolute Gasteiger partial charge is 0.309 e. The largest absolute Gasteiger partial charge is 0.481 e. The van der Waals surface area contributed by atoms with E-state index in [1.807, 2.05) is 0 Å². The van der Waals surface area contributed by atoms with Crippen molar-refractivity contribution in [3.8, 4) is 22.3 Å². The molecule has 0 spiro atoms. The third-order valence-electron chi connectivity index (χ3n) is 3.96. The first-order valence-corrected chi connectivity index (χ1v) is 9.96. The molecule has 1 aromatic heterocycles. The van der Waals surface area contributed by atoms with Crippen LogP contribution in [0.5, 0.6) is 0 Å². The molecule has 1 N–H and O–H groups in total. The fourth-order valence-corrected chi connectivity index (χ4v) is 3.92. The predicted octanol–water partition coefficient (Wildman–Crippen LogP) is 7.96. The van der Waals surface area contributed by atoms with Crippen LogP contribution in [-0.4, -0.2) is 16.1 Å². The van der Waals surface area contributed by atoms with E-state index in [4.69, 9.17) is 69.6 Å². The van der Waals surface area contributed by atoms with Crippen molar-refractivity contribution in [3.63, 3.8) is 0 Å². The second-order valence-corrected chi connectivity index (χ2v) is 8.06. The van der Waals surface area contributed by atoms with Crippen LogP contribution in [-0.2, 0) is 11.2 Å². The molecule has 0 atom stereocenters. The number of benzene rings is 2. The zero-order valence-electron chi connectivity index (χ0n) is 13.7. The van der Waals surface area contributed by atoms with Crippen LogP contribution in [0.3, 0.4) is 0 Å². The third kappa shape index (κ3) is 4.20. The zero-order chi connectivity index (χ0) is 20.6. The molecule has 0 saturated carbocycles. The minimum absolute atomic E-state index is 0.167. The highest BCUT2D eigenvalue weighted by atomic mass is 35.5. The topological polar surface area (TPSA) is 50.2 Å². The molecule has 9 heteroatoms. The van der Waals surface area contributed by atoms with Crippen molar-refractivity contribution in [3.05, 3.63) is 72.4 Å². The summed E-state index contributed by atoms with van der Waals surface area (Å²) in [7, 11) is 0. The molecule has 3 rings (SSSR count). The molecule has 0 amide bonds. The van der Waals surface area contributed by atoms with Gasteiger partial charge < -0.3 is 5.11 Å². The Balaban J connectivity index is 2.26. The van der Waals surface area contributed by atoms with Gasteiger partial charge in [-0.1, -0.05) is 81.7 Å². The van der Waals surface area contributed by atoms with Crippen molar-refractivity contribution >= 4 is 75.6 Å². The number of hydrogen-bond acceptors (Lipinski definition) is 2. The highest BCUT2D eigenvalue weighted by Gasteiger charge is 2.19. The van der Waals surface area contributed by atoms with Gasteiger partial charge in [-0.2, -0.15) is 0 Å². The first kappa shape index (κ1) is 21.5. The highest BCUT2D eigenvalue weighted by molar-refractivity contribution is 6.50. The quantitative estimate of drug-likeness (QED) is 0.373. The van der Waals surface area contributed by atoms with Crippen LogP contribution in [0, 0.1) is 0 Å². The van der Waals surface area contributed by atoms with Crippen molar-refractivity contribution in [2.75, 3.05) is 0 Å². The number of carbonyl (C=O) groups is 1. The van der Waals surface area contributed by atoms with Gasteiger partial charge in [-0.05, 0) is 18.2 Å². The van der Waals surface area contributed by atoms with Gasteiger partial charge in [0.15, 0.2) is 0 Å². The average molecular weight is 496 g/mol. The maximum Gasteiger partial charge on any atom is 0.309 e. The Morgan fingerprint density at radius 1 is 0.786 bits per heavy atom. The molecule has 0 radical (unpaired) electrons. The lowest BCUT2D eigenvalue weighted by atomic mass is 9.97. The van der Waals surface area contributed by atoms with E-state index in [0.29, 0.717) is 33.0 Å². The molecule has 0 aliphatic rings. The molecule has 0 aliphatic heterocycles. The van der Waals surface area contributed by atoms with E-state index in [2.05, 4.69) is 4.98 Å². The fraction of sp³-hybridized carbons (Fsp3) is 0.0526. The Bertz CT molecular complexity index is 1100. The summed E-state index contributed by atoms with van der Waals surface area (Å²) in [6, 6.07) is 8.27. The predicted molar refractivity (Wildman–Crippen MR) is 117 cm³/mol. The lowest BCUT2D eigenvalue weighted by Gasteiger charge is -2.14. The second kappa shape index (κ2) is 8.66. The summed E-state index contributed by atoms with van der Waals surface area (Å²) in [5, 5.41) is 10.7. The lowest BCUT2D eigenvalue weighted by molar-refractivity contribution is -0.136. The van der Waals surface area contributed by atoms with E-state index >= 15 is 0 Å². The molecule has 28 heavy (non-hydrogen) atoms. The molecule has 0 bridgehead atoms. The number of aromatic nitrogens is 1. The zero-order valence-corrected chi connectivity index (χ0v) is 18.3. The number of aliphatic carboxylic acids is 1. The van der Waals surface area contributed by atoms with E-state index in [1.54, 1.807) is 30.3 Å². The van der Waals surface area contributed by atoms with Crippen LogP contribution in [0.15, 0.2) is 36.5 Å². The van der Waals surface area contributed by atoms with Crippen LogP contribution in [0.2, 0.25) is 30.1 Å². The number of nitrogens with zero attached hydrogens (tertiary/aromatic N) is 1. The Kier molecular flexibility index (Phi) is 6.65. The molecular formula is C19H9Cl6NO2. The first-order chi connectivity index (χ1) is 13.2. The van der Waals surface area contributed by atoms with Gasteiger partial charge in [0.2, 0.25) is 0 Å². The summed E-state index contributed by atoms with van der Waals surface area (Å²) < 4.78 is 0. The van der Waals surface area contributed by atoms with Gasteiger partial charge in [-0.15, -0.1) is 0 Å². The summed E-state index contributed by atoms with van der Waals surface area (Å²) in [6.07, 6.45) is 1.21. The van der Waals surface area contributed by atoms with Crippen molar-refractivity contribution in [1.29, 1.82) is 0 Å². The van der Waals surface area contributed by atoms with E-state index in [-0.39, 0.29) is 31.5 Å². The van der Waals surface area contributed by atoms with Crippen molar-refractivity contribution in [2.45, 2.75) is 6.42 Å². The van der Waals surface area contributed by atoms with Gasteiger partial charge in [-0.3, -0.25) is 9.78 Å². The number of halogens is 6. The Hall–Kier alpha value is -1.20. The van der Waals surface area contributed by atoms with Gasteiger partial charge in [-0.25, -0.2) is 0 Å². The van der Waals surface area contributed by atoms with Gasteiger partial charge in [0.1, 0.15) is 0 Å². The summed E-state index contributed by atoms with van der Waals surface area (Å²) in [6.45, 7) is 0. The van der Waals surface area contributed by atoms with Crippen molar-refractivity contribution in [2.24, 2.45) is 0 Å². The van der Waals surface area contributed by atoms with Crippen LogP contribution in [0.4, 0.5) is 0 Å². The monoisotopic (exact) mass is 493 g/mol. The second-order valence-electron chi connectivity index (χ2n) is 5.73. The number of hydrogen-bond donors (Lipinski definition) is 1. The average Bonchev–Trinajstić information content (AvgIpc) is 2.65. The molecule has 3 aromatic rings. The molecule has 0 unspecified atom stereocenters. The van der Waals surface area contributed by atoms with E-state index in [1.165, 1.54) is 6.20 Å². The third-order valence-corrected chi connectivity index (χ3v) is 6.55. The van der Waals surface area contributed by atoms with E-state index in [0.717, 1.165) is 0 Å². The minimum Gasteiger partial charge on any atom is -0.481 e. The first-order valence-electron chi connectivity index (χ1n) is 7.69. The van der Waals surface area contributed by atoms with Crippen LogP contribution in [0.25, 0.3) is 22.3 Å². The maximum atomic E-state index is 11.3. The number of carboxylic acid groups (broad SMARTS) is 1. The van der Waals surface area contributed by atoms with E-state index < -0.39 is 5.97 Å². The molecular weight excluding hydrogens is 487 g/mol. The molecule has 1 heterocycles. The Morgan fingerprint density at radius 3 is 1.89 bits per heavy atom. The molecule has 3 nitrogen and oxygen atoms in total. The Labute approximate surface area is 190 Å². The summed E-state index contributed by atoms with van der Waals surface area (Å²) in [5.74, 6) is -1.04. The van der Waals surface area contributed by atoms with Gasteiger partial charge in [0, 0.05) is 28.5 Å². The normalized spacial score (nSPS) is 10.9. The summed E-state index contributed by atoms with van der Waals surface area (Å²) in [4.78, 5) is 15.6. The van der Waals surface area contributed by atoms with Crippen molar-refractivity contribution < 1.29 is 9.90 Å². The number of pyridine rings is 1. The van der Waals surface area contributed by atoms with Gasteiger partial charge in [0.05, 0.1) is 42.3 Å². The number of carboxylic acids is 1. The lowest BCUT2D eigenvalue weighted by Crippen LogP contribution is -2.05. The van der Waals surface area contributed by atoms with Gasteiger partial charge >= 0.3 is 5.97 Å². The van der Waals surface area contributed by atoms with Crippen molar-refractivity contribution in [1.82, 2.24) is 4.98 Å². The van der Waals surface area contributed by atoms with E-state index in [9.17, 15) is 9.90 Å². The maximum absolute atomic E-state index is 11.3. The molecule has 0 saturated heterocycles. The standard InChI is InChI=1S/C19H9Cl6NO2/c20-12-3-1-9(16(22)18(12)24)8-5-11(14(26-7-8)6-15(27)28)10-2-4-13(21)19(25)17(10)23/h1-5,7H,6H2,(H,27,28). The number of rotatable bonds is 4. The Morgan fingerprint density at radius 2 is 1.32 bits per heavy atom. The summed E-state index contributed by atoms with van der Waals surface area (Å²) >= 11 is 37.0.